The van der Waals surface area contributed by atoms with Crippen LogP contribution in [-0.4, -0.2) is 15.0 Å². The van der Waals surface area contributed by atoms with Crippen molar-refractivity contribution in [2.75, 3.05) is 0 Å². The minimum Gasteiger partial charge on any atom is -0.253 e. The molecule has 94 valence electrons. The summed E-state index contributed by atoms with van der Waals surface area (Å²) in [7, 11) is 0. The third-order valence-corrected chi connectivity index (χ3v) is 3.15. The highest BCUT2D eigenvalue weighted by Gasteiger charge is 2.15. The van der Waals surface area contributed by atoms with Gasteiger partial charge in [0.15, 0.2) is 5.82 Å². The molecule has 0 aliphatic heterocycles. The minimum absolute atomic E-state index is 0.185. The second-order valence-corrected chi connectivity index (χ2v) is 5.13. The van der Waals surface area contributed by atoms with Crippen LogP contribution in [0.3, 0.4) is 0 Å². The van der Waals surface area contributed by atoms with E-state index < -0.39 is 0 Å². The van der Waals surface area contributed by atoms with Gasteiger partial charge in [-0.05, 0) is 24.5 Å². The van der Waals surface area contributed by atoms with Crippen LogP contribution in [0.15, 0.2) is 18.3 Å². The van der Waals surface area contributed by atoms with Crippen molar-refractivity contribution in [2.24, 2.45) is 0 Å². The highest BCUT2D eigenvalue weighted by atomic mass is 35.5. The van der Waals surface area contributed by atoms with Crippen LogP contribution < -0.4 is 0 Å². The molecule has 0 aliphatic carbocycles. The van der Waals surface area contributed by atoms with Gasteiger partial charge in [0.05, 0.1) is 0 Å². The van der Waals surface area contributed by atoms with Crippen molar-refractivity contribution < 1.29 is 0 Å². The zero-order valence-corrected chi connectivity index (χ0v) is 11.9. The van der Waals surface area contributed by atoms with E-state index in [0.29, 0.717) is 21.8 Å². The van der Waals surface area contributed by atoms with Crippen LogP contribution >= 0.6 is 23.2 Å². The number of nitrogens with zero attached hydrogens (tertiary/aromatic N) is 3. The predicted octanol–water partition coefficient (Wildman–Crippen LogP) is 4.28. The normalized spacial score (nSPS) is 11.0. The summed E-state index contributed by atoms with van der Waals surface area (Å²) in [6.45, 7) is 5.97. The fourth-order valence-electron chi connectivity index (χ4n) is 1.61. The summed E-state index contributed by atoms with van der Waals surface area (Å²) < 4.78 is 0. The van der Waals surface area contributed by atoms with Crippen molar-refractivity contribution in [1.29, 1.82) is 0 Å². The Labute approximate surface area is 116 Å². The van der Waals surface area contributed by atoms with E-state index in [4.69, 9.17) is 23.2 Å². The van der Waals surface area contributed by atoms with E-state index in [2.05, 4.69) is 15.0 Å². The smallest absolute Gasteiger partial charge is 0.181 e. The molecule has 0 atom stereocenters. The fourth-order valence-corrected chi connectivity index (χ4v) is 2.43. The number of rotatable bonds is 2. The summed E-state index contributed by atoms with van der Waals surface area (Å²) in [4.78, 5) is 12.8. The third kappa shape index (κ3) is 2.62. The van der Waals surface area contributed by atoms with Crippen molar-refractivity contribution in [2.45, 2.75) is 26.7 Å². The number of hydrogen-bond donors (Lipinski definition) is 0. The van der Waals surface area contributed by atoms with Gasteiger partial charge in [-0.25, -0.2) is 9.97 Å². The average Bonchev–Trinajstić information content (AvgIpc) is 2.28. The molecule has 2 aromatic rings. The maximum absolute atomic E-state index is 6.15. The Balaban J connectivity index is 2.51. The Kier molecular flexibility index (Phi) is 3.83. The van der Waals surface area contributed by atoms with Gasteiger partial charge in [0.25, 0.3) is 0 Å². The number of aryl methyl sites for hydroxylation is 1. The van der Waals surface area contributed by atoms with Gasteiger partial charge in [-0.3, -0.25) is 4.98 Å². The summed E-state index contributed by atoms with van der Waals surface area (Å²) in [5.74, 6) is 0.638. The molecular formula is C13H13Cl2N3. The lowest BCUT2D eigenvalue weighted by molar-refractivity contribution is 0.847. The molecule has 18 heavy (non-hydrogen) atoms. The average molecular weight is 282 g/mol. The van der Waals surface area contributed by atoms with Gasteiger partial charge in [-0.2, -0.15) is 0 Å². The zero-order valence-electron chi connectivity index (χ0n) is 10.4. The molecule has 0 amide bonds. The van der Waals surface area contributed by atoms with Gasteiger partial charge < -0.3 is 0 Å². The molecule has 0 radical (unpaired) electrons. The zero-order chi connectivity index (χ0) is 13.3. The van der Waals surface area contributed by atoms with E-state index in [1.54, 1.807) is 6.20 Å². The Bertz CT molecular complexity index is 542. The molecule has 0 spiro atoms. The highest BCUT2D eigenvalue weighted by Crippen LogP contribution is 2.30. The molecule has 0 unspecified atom stereocenters. The van der Waals surface area contributed by atoms with Gasteiger partial charge in [-0.1, -0.05) is 43.1 Å². The molecule has 0 saturated heterocycles. The summed E-state index contributed by atoms with van der Waals surface area (Å²) >= 11 is 12.3. The first-order valence-corrected chi connectivity index (χ1v) is 6.40. The summed E-state index contributed by atoms with van der Waals surface area (Å²) in [5, 5.41) is 0.782. The number of aromatic nitrogens is 3. The van der Waals surface area contributed by atoms with E-state index in [1.807, 2.05) is 32.9 Å². The van der Waals surface area contributed by atoms with Crippen LogP contribution in [-0.2, 0) is 0 Å². The van der Waals surface area contributed by atoms with Crippen molar-refractivity contribution in [3.8, 4) is 11.5 Å². The van der Waals surface area contributed by atoms with E-state index in [-0.39, 0.29) is 5.92 Å². The van der Waals surface area contributed by atoms with Crippen LogP contribution in [0.2, 0.25) is 10.3 Å². The summed E-state index contributed by atoms with van der Waals surface area (Å²) in [5.41, 5.74) is 2.52. The lowest BCUT2D eigenvalue weighted by Crippen LogP contribution is -2.00. The monoisotopic (exact) mass is 281 g/mol. The van der Waals surface area contributed by atoms with Crippen molar-refractivity contribution in [1.82, 2.24) is 15.0 Å². The Hall–Kier alpha value is -1.19. The summed E-state index contributed by atoms with van der Waals surface area (Å²) in [6, 6.07) is 3.80. The molecule has 2 rings (SSSR count). The largest absolute Gasteiger partial charge is 0.253 e. The number of pyridine rings is 1. The fraction of sp³-hybridized carbons (Fsp3) is 0.308. The van der Waals surface area contributed by atoms with Gasteiger partial charge in [0, 0.05) is 11.8 Å². The highest BCUT2D eigenvalue weighted by molar-refractivity contribution is 6.34. The third-order valence-electron chi connectivity index (χ3n) is 2.57. The molecule has 0 N–H and O–H groups in total. The maximum Gasteiger partial charge on any atom is 0.181 e. The van der Waals surface area contributed by atoms with Crippen LogP contribution in [0.1, 0.15) is 30.9 Å². The molecule has 0 aromatic carbocycles. The molecule has 0 saturated carbocycles. The van der Waals surface area contributed by atoms with Crippen molar-refractivity contribution >= 4 is 23.2 Å². The lowest BCUT2D eigenvalue weighted by Gasteiger charge is -2.10. The van der Waals surface area contributed by atoms with Crippen LogP contribution in [0.25, 0.3) is 11.5 Å². The SMILES string of the molecule is Cc1ccc(-c2nc(Cl)c(C(C)C)c(Cl)n2)nc1. The quantitative estimate of drug-likeness (QED) is 0.772. The second kappa shape index (κ2) is 5.21. The second-order valence-electron chi connectivity index (χ2n) is 4.42. The molecule has 0 aliphatic rings. The Morgan fingerprint density at radius 1 is 1.06 bits per heavy atom. The van der Waals surface area contributed by atoms with Crippen LogP contribution in [0.4, 0.5) is 0 Å². The topological polar surface area (TPSA) is 38.7 Å². The van der Waals surface area contributed by atoms with Gasteiger partial charge in [-0.15, -0.1) is 0 Å². The first-order valence-electron chi connectivity index (χ1n) is 5.65. The number of hydrogen-bond acceptors (Lipinski definition) is 3. The van der Waals surface area contributed by atoms with E-state index in [1.165, 1.54) is 0 Å². The molecule has 0 fully saturated rings. The van der Waals surface area contributed by atoms with E-state index >= 15 is 0 Å². The molecular weight excluding hydrogens is 269 g/mol. The standard InChI is InChI=1S/C13H13Cl2N3/c1-7(2)10-11(14)17-13(18-12(10)15)9-5-4-8(3)6-16-9/h4-7H,1-3H3. The van der Waals surface area contributed by atoms with Gasteiger partial charge in [0.2, 0.25) is 0 Å². The minimum atomic E-state index is 0.185. The van der Waals surface area contributed by atoms with Crippen LogP contribution in [0, 0.1) is 6.92 Å². The van der Waals surface area contributed by atoms with Crippen molar-refractivity contribution in [3.63, 3.8) is 0 Å². The van der Waals surface area contributed by atoms with E-state index in [9.17, 15) is 0 Å². The van der Waals surface area contributed by atoms with Gasteiger partial charge >= 0.3 is 0 Å². The molecule has 0 bridgehead atoms. The number of halogens is 2. The van der Waals surface area contributed by atoms with E-state index in [0.717, 1.165) is 11.1 Å². The summed E-state index contributed by atoms with van der Waals surface area (Å²) in [6.07, 6.45) is 1.76. The van der Waals surface area contributed by atoms with Gasteiger partial charge in [0.1, 0.15) is 16.0 Å². The lowest BCUT2D eigenvalue weighted by atomic mass is 10.1. The first kappa shape index (κ1) is 13.2. The molecule has 2 aromatic heterocycles. The molecule has 5 heteroatoms. The predicted molar refractivity (Wildman–Crippen MR) is 74.1 cm³/mol. The molecule has 3 nitrogen and oxygen atoms in total. The maximum atomic E-state index is 6.15. The first-order chi connectivity index (χ1) is 8.49. The molecule has 2 heterocycles. The Morgan fingerprint density at radius 2 is 1.67 bits per heavy atom. The van der Waals surface area contributed by atoms with Crippen molar-refractivity contribution in [3.05, 3.63) is 39.8 Å². The van der Waals surface area contributed by atoms with Crippen LogP contribution in [0.5, 0.6) is 0 Å². The Morgan fingerprint density at radius 3 is 2.11 bits per heavy atom.